The van der Waals surface area contributed by atoms with E-state index in [1.54, 1.807) is 11.6 Å². The Balaban J connectivity index is 0.712. The average Bonchev–Trinajstić information content (AvgIpc) is 4.08. The predicted octanol–water partition coefficient (Wildman–Crippen LogP) is 18.8. The summed E-state index contributed by atoms with van der Waals surface area (Å²) >= 11 is 0. The zero-order chi connectivity index (χ0) is 55.1. The molecule has 1 amide bonds. The summed E-state index contributed by atoms with van der Waals surface area (Å²) < 4.78 is 18.7. The minimum atomic E-state index is -0.793. The number of rotatable bonds is 14. The van der Waals surface area contributed by atoms with Crippen LogP contribution in [0.3, 0.4) is 0 Å². The fourth-order valence-corrected chi connectivity index (χ4v) is 21.8. The number of carbonyl (C=O) groups is 2. The van der Waals surface area contributed by atoms with E-state index >= 15 is 0 Å². The second-order valence-electron chi connectivity index (χ2n) is 30.6. The summed E-state index contributed by atoms with van der Waals surface area (Å²) in [6, 6.07) is 3.83. The Bertz CT molecular complexity index is 2540. The number of hydrogen-bond donors (Lipinski definition) is 1. The molecule has 1 heterocycles. The molecule has 1 aromatic rings. The molecular formula is C71H106N2O5. The first-order valence-corrected chi connectivity index (χ1v) is 32.8. The van der Waals surface area contributed by atoms with Crippen molar-refractivity contribution in [2.45, 2.75) is 255 Å². The van der Waals surface area contributed by atoms with Crippen LogP contribution in [0.15, 0.2) is 58.7 Å². The fourth-order valence-electron chi connectivity index (χ4n) is 21.8. The lowest BCUT2D eigenvalue weighted by atomic mass is 9.47. The molecule has 1 N–H and O–H groups in total. The van der Waals surface area contributed by atoms with E-state index < -0.39 is 11.7 Å². The number of nitrogens with one attached hydrogen (secondary N) is 1. The number of amides is 1. The fraction of sp³-hybridized carbons (Fsp3) is 0.789. The largest absolute Gasteiger partial charge is 0.515 e. The number of ether oxygens (including phenoxy) is 3. The molecule has 6 fully saturated rings. The number of pyridine rings is 1. The van der Waals surface area contributed by atoms with E-state index in [1.807, 2.05) is 6.07 Å². The van der Waals surface area contributed by atoms with Crippen LogP contribution in [0.1, 0.15) is 242 Å². The highest BCUT2D eigenvalue weighted by molar-refractivity contribution is 5.72. The van der Waals surface area contributed by atoms with Gasteiger partial charge in [0.05, 0.1) is 11.2 Å². The second kappa shape index (κ2) is 21.8. The monoisotopic (exact) mass is 1070 g/mol. The maximum Gasteiger partial charge on any atom is 0.515 e. The number of alkyl carbamates (subject to hydrolysis) is 1. The molecule has 0 aromatic carbocycles. The minimum Gasteiger partial charge on any atom is -0.446 e. The number of carbonyl (C=O) groups excluding carboxylic acids is 2. The van der Waals surface area contributed by atoms with Gasteiger partial charge >= 0.3 is 12.2 Å². The van der Waals surface area contributed by atoms with Crippen molar-refractivity contribution in [3.63, 3.8) is 0 Å². The van der Waals surface area contributed by atoms with Crippen molar-refractivity contribution in [2.24, 2.45) is 98.6 Å². The van der Waals surface area contributed by atoms with Crippen molar-refractivity contribution in [1.29, 1.82) is 0 Å². The standard InChI is InChI=1S/C71H106N2O5/c1-13-55-48-38-45(6)42-71(55,73-65(74)76-51-30-34-67(9)49(40-51)20-22-53-58-26-24-56(46(7)18-14-16-43(2)3)69(58,11)36-32-60(53)67)62-28-29-64(72-63(62)39-48)78-66(75)77-52-31-35-68(10)50(41-52)21-23-54-59-27-25-57(47(8)19-15-17-44(4)5)70(59,12)37-33-61(54)68/h13,20-21,28-29,38,43-44,46-48,51-54,56-61H,14-19,22-27,30-37,39-42H2,1-12H3,(H,73,74)/t46?,47?,48?,51-,52-,53?,54?,56?,57?,58?,59?,60?,61?,67-,68-,69+,70+,71?/m0/s1. The molecule has 0 radical (unpaired) electrons. The van der Waals surface area contributed by atoms with Crippen LogP contribution < -0.4 is 10.1 Å². The first-order chi connectivity index (χ1) is 37.2. The van der Waals surface area contributed by atoms with E-state index in [9.17, 15) is 9.59 Å². The molecule has 12 unspecified atom stereocenters. The third-order valence-corrected chi connectivity index (χ3v) is 25.6. The smallest absolute Gasteiger partial charge is 0.446 e. The topological polar surface area (TPSA) is 86.8 Å². The van der Waals surface area contributed by atoms with Crippen LogP contribution in [0.5, 0.6) is 5.88 Å². The lowest BCUT2D eigenvalue weighted by Gasteiger charge is -2.58. The molecule has 6 saturated carbocycles. The first-order valence-electron chi connectivity index (χ1n) is 32.8. The van der Waals surface area contributed by atoms with Gasteiger partial charge in [-0.3, -0.25) is 0 Å². The number of hydrogen-bond acceptors (Lipinski definition) is 6. The quantitative estimate of drug-likeness (QED) is 0.148. The molecule has 11 rings (SSSR count). The van der Waals surface area contributed by atoms with Crippen LogP contribution in [0, 0.1) is 98.6 Å². The molecule has 1 aromatic heterocycles. The average molecular weight is 1070 g/mol. The Labute approximate surface area is 473 Å². The molecule has 0 spiro atoms. The Morgan fingerprint density at radius 2 is 1.21 bits per heavy atom. The molecule has 2 bridgehead atoms. The van der Waals surface area contributed by atoms with Gasteiger partial charge in [-0.2, -0.15) is 0 Å². The van der Waals surface area contributed by atoms with Gasteiger partial charge in [0.15, 0.2) is 0 Å². The van der Waals surface area contributed by atoms with E-state index in [0.29, 0.717) is 23.7 Å². The Morgan fingerprint density at radius 3 is 1.73 bits per heavy atom. The third-order valence-electron chi connectivity index (χ3n) is 25.6. The SMILES string of the molecule is CC=C1C2C=C(C)CC1(NC(=O)O[C@H]1CC[C@@]3(C)C(=CCC4C5CCC(C(C)CCCC(C)C)[C@@]5(C)CCC43)C1)c1ccc(OC(=O)O[C@H]3CC[C@@]4(C)C(=CCC5C6CCC(C(C)CCCC(C)C)[C@@]6(C)CCC54)C3)nc1C2. The Kier molecular flexibility index (Phi) is 15.8. The third kappa shape index (κ3) is 9.95. The van der Waals surface area contributed by atoms with Gasteiger partial charge in [-0.25, -0.2) is 14.6 Å². The zero-order valence-electron chi connectivity index (χ0n) is 51.1. The van der Waals surface area contributed by atoms with Crippen LogP contribution in [0.2, 0.25) is 0 Å². The minimum absolute atomic E-state index is 0.0682. The van der Waals surface area contributed by atoms with Crippen molar-refractivity contribution >= 4 is 12.2 Å². The second-order valence-corrected chi connectivity index (χ2v) is 30.6. The van der Waals surface area contributed by atoms with E-state index in [-0.39, 0.29) is 40.9 Å². The summed E-state index contributed by atoms with van der Waals surface area (Å²) in [6.07, 6.45) is 36.9. The predicted molar refractivity (Wildman–Crippen MR) is 316 cm³/mol. The molecule has 10 aliphatic carbocycles. The van der Waals surface area contributed by atoms with Crippen LogP contribution in [0.4, 0.5) is 9.59 Å². The van der Waals surface area contributed by atoms with Gasteiger partial charge in [0, 0.05) is 36.8 Å². The van der Waals surface area contributed by atoms with E-state index in [0.717, 1.165) is 121 Å². The zero-order valence-corrected chi connectivity index (χ0v) is 51.1. The van der Waals surface area contributed by atoms with Crippen LogP contribution >= 0.6 is 0 Å². The number of aromatic nitrogens is 1. The van der Waals surface area contributed by atoms with Crippen LogP contribution in [0.25, 0.3) is 0 Å². The summed E-state index contributed by atoms with van der Waals surface area (Å²) in [4.78, 5) is 33.2. The number of allylic oxidation sites excluding steroid dienone is 4. The lowest BCUT2D eigenvalue weighted by Crippen LogP contribution is -2.54. The Hall–Kier alpha value is -3.35. The summed E-state index contributed by atoms with van der Waals surface area (Å²) in [5.41, 5.74) is 7.81. The molecular weight excluding hydrogens is 961 g/mol. The molecule has 430 valence electrons. The molecule has 7 heteroatoms. The van der Waals surface area contributed by atoms with Crippen molar-refractivity contribution in [3.05, 3.63) is 70.0 Å². The highest BCUT2D eigenvalue weighted by atomic mass is 16.7. The molecule has 0 aliphatic heterocycles. The van der Waals surface area contributed by atoms with Gasteiger partial charge < -0.3 is 19.5 Å². The van der Waals surface area contributed by atoms with E-state index in [1.165, 1.54) is 119 Å². The van der Waals surface area contributed by atoms with Crippen LogP contribution in [-0.2, 0) is 21.4 Å². The maximum atomic E-state index is 14.5. The molecule has 7 nitrogen and oxygen atoms in total. The number of nitrogens with zero attached hydrogens (tertiary/aromatic N) is 1. The normalized spacial score (nSPS) is 41.6. The van der Waals surface area contributed by atoms with E-state index in [4.69, 9.17) is 19.2 Å². The van der Waals surface area contributed by atoms with Crippen molar-refractivity contribution in [1.82, 2.24) is 10.3 Å². The summed E-state index contributed by atoms with van der Waals surface area (Å²) in [5.74, 6) is 9.94. The first kappa shape index (κ1) is 56.5. The molecule has 10 aliphatic rings. The lowest BCUT2D eigenvalue weighted by molar-refractivity contribution is -0.0597. The molecule has 78 heavy (non-hydrogen) atoms. The number of fused-ring (bicyclic) bond motifs is 14. The van der Waals surface area contributed by atoms with Gasteiger partial charge in [-0.15, -0.1) is 0 Å². The summed E-state index contributed by atoms with van der Waals surface area (Å²) in [5, 5.41) is 3.50. The Morgan fingerprint density at radius 1 is 0.667 bits per heavy atom. The summed E-state index contributed by atoms with van der Waals surface area (Å²) in [6.45, 7) is 29.4. The van der Waals surface area contributed by atoms with Crippen molar-refractivity contribution in [3.8, 4) is 5.88 Å². The van der Waals surface area contributed by atoms with Gasteiger partial charge in [0.25, 0.3) is 0 Å². The van der Waals surface area contributed by atoms with Crippen molar-refractivity contribution in [2.75, 3.05) is 0 Å². The van der Waals surface area contributed by atoms with Crippen LogP contribution in [-0.4, -0.2) is 29.4 Å². The highest BCUT2D eigenvalue weighted by Gasteiger charge is 2.61. The van der Waals surface area contributed by atoms with E-state index in [2.05, 4.69) is 113 Å². The maximum absolute atomic E-state index is 14.5. The van der Waals surface area contributed by atoms with Gasteiger partial charge in [0.1, 0.15) is 12.2 Å². The van der Waals surface area contributed by atoms with Gasteiger partial charge in [-0.1, -0.05) is 149 Å². The molecule has 18 atom stereocenters. The summed E-state index contributed by atoms with van der Waals surface area (Å²) in [7, 11) is 0. The highest BCUT2D eigenvalue weighted by Crippen LogP contribution is 2.69. The molecule has 0 saturated heterocycles. The van der Waals surface area contributed by atoms with Gasteiger partial charge in [-0.05, 0) is 214 Å². The van der Waals surface area contributed by atoms with Gasteiger partial charge in [0.2, 0.25) is 5.88 Å². The van der Waals surface area contributed by atoms with Crippen molar-refractivity contribution < 1.29 is 23.8 Å².